The average Bonchev–Trinajstić information content (AvgIpc) is 3.15. The molecule has 1 N–H and O–H groups in total. The molecule has 2 unspecified atom stereocenters. The van der Waals surface area contributed by atoms with Crippen LogP contribution >= 0.6 is 0 Å². The summed E-state index contributed by atoms with van der Waals surface area (Å²) in [6.45, 7) is 5.33. The first kappa shape index (κ1) is 16.1. The van der Waals surface area contributed by atoms with E-state index in [1.807, 2.05) is 12.1 Å². The lowest BCUT2D eigenvalue weighted by atomic mass is 10.1. The number of alkyl carbamates (subject to hydrolysis) is 1. The highest BCUT2D eigenvalue weighted by Crippen LogP contribution is 2.41. The van der Waals surface area contributed by atoms with Gasteiger partial charge in [0.15, 0.2) is 0 Å². The SMILES string of the molecule is COC(=O)NC1CC1c1cccc(OC(=O)OC(C)(C)C)c1. The Morgan fingerprint density at radius 3 is 2.64 bits per heavy atom. The second-order valence-electron chi connectivity index (χ2n) is 6.22. The molecule has 1 aromatic rings. The van der Waals surface area contributed by atoms with Crippen molar-refractivity contribution in [2.24, 2.45) is 0 Å². The van der Waals surface area contributed by atoms with Crippen molar-refractivity contribution in [3.05, 3.63) is 29.8 Å². The monoisotopic (exact) mass is 307 g/mol. The molecule has 2 atom stereocenters. The van der Waals surface area contributed by atoms with E-state index in [4.69, 9.17) is 9.47 Å². The Balaban J connectivity index is 1.94. The van der Waals surface area contributed by atoms with Crippen LogP contribution in [0.2, 0.25) is 0 Å². The third-order valence-corrected chi connectivity index (χ3v) is 3.16. The number of methoxy groups -OCH3 is 1. The number of hydrogen-bond acceptors (Lipinski definition) is 5. The van der Waals surface area contributed by atoms with E-state index in [0.717, 1.165) is 12.0 Å². The van der Waals surface area contributed by atoms with Gasteiger partial charge in [-0.1, -0.05) is 12.1 Å². The van der Waals surface area contributed by atoms with Crippen LogP contribution in [0.3, 0.4) is 0 Å². The van der Waals surface area contributed by atoms with E-state index in [-0.39, 0.29) is 12.0 Å². The first-order chi connectivity index (χ1) is 10.3. The maximum atomic E-state index is 11.7. The topological polar surface area (TPSA) is 73.9 Å². The normalized spacial score (nSPS) is 20.0. The fraction of sp³-hybridized carbons (Fsp3) is 0.500. The molecule has 1 aliphatic carbocycles. The minimum atomic E-state index is -0.732. The highest BCUT2D eigenvalue weighted by molar-refractivity contribution is 5.68. The molecule has 0 bridgehead atoms. The molecule has 0 radical (unpaired) electrons. The summed E-state index contributed by atoms with van der Waals surface area (Å²) in [5.74, 6) is 0.636. The van der Waals surface area contributed by atoms with E-state index in [1.165, 1.54) is 7.11 Å². The van der Waals surface area contributed by atoms with E-state index in [2.05, 4.69) is 10.1 Å². The van der Waals surface area contributed by atoms with Gasteiger partial charge in [0.25, 0.3) is 0 Å². The summed E-state index contributed by atoms with van der Waals surface area (Å²) in [5.41, 5.74) is 0.406. The Kier molecular flexibility index (Phi) is 4.59. The zero-order chi connectivity index (χ0) is 16.3. The van der Waals surface area contributed by atoms with E-state index < -0.39 is 17.8 Å². The molecule has 0 aromatic heterocycles. The van der Waals surface area contributed by atoms with Crippen LogP contribution in [-0.2, 0) is 9.47 Å². The molecule has 2 rings (SSSR count). The first-order valence-corrected chi connectivity index (χ1v) is 7.14. The molecular formula is C16H21NO5. The van der Waals surface area contributed by atoms with Gasteiger partial charge in [-0.3, -0.25) is 0 Å². The zero-order valence-corrected chi connectivity index (χ0v) is 13.2. The van der Waals surface area contributed by atoms with Crippen LogP contribution in [0.15, 0.2) is 24.3 Å². The van der Waals surface area contributed by atoms with Gasteiger partial charge >= 0.3 is 12.2 Å². The number of nitrogens with one attached hydrogen (secondary N) is 1. The van der Waals surface area contributed by atoms with Crippen LogP contribution in [0.25, 0.3) is 0 Å². The van der Waals surface area contributed by atoms with Crippen molar-refractivity contribution in [3.8, 4) is 5.75 Å². The van der Waals surface area contributed by atoms with E-state index in [1.54, 1.807) is 32.9 Å². The summed E-state index contributed by atoms with van der Waals surface area (Å²) < 4.78 is 14.9. The van der Waals surface area contributed by atoms with Gasteiger partial charge in [0.05, 0.1) is 7.11 Å². The van der Waals surface area contributed by atoms with Gasteiger partial charge in [-0.15, -0.1) is 0 Å². The second-order valence-corrected chi connectivity index (χ2v) is 6.22. The zero-order valence-electron chi connectivity index (χ0n) is 13.2. The fourth-order valence-corrected chi connectivity index (χ4v) is 2.11. The van der Waals surface area contributed by atoms with Crippen LogP contribution < -0.4 is 10.1 Å². The van der Waals surface area contributed by atoms with Crippen molar-refractivity contribution in [2.45, 2.75) is 44.8 Å². The van der Waals surface area contributed by atoms with Gasteiger partial charge in [0.2, 0.25) is 0 Å². The van der Waals surface area contributed by atoms with Gasteiger partial charge in [0, 0.05) is 12.0 Å². The van der Waals surface area contributed by atoms with Crippen LogP contribution in [0.1, 0.15) is 38.7 Å². The minimum absolute atomic E-state index is 0.0595. The van der Waals surface area contributed by atoms with Crippen LogP contribution in [0, 0.1) is 0 Å². The third kappa shape index (κ3) is 4.65. The predicted molar refractivity (Wildman–Crippen MR) is 80.0 cm³/mol. The summed E-state index contributed by atoms with van der Waals surface area (Å²) in [4.78, 5) is 22.8. The standard InChI is InChI=1S/C16H21NO5/c1-16(2,3)22-15(19)21-11-7-5-6-10(8-11)12-9-13(12)17-14(18)20-4/h5-8,12-13H,9H2,1-4H3,(H,17,18). The van der Waals surface area contributed by atoms with Crippen molar-refractivity contribution in [1.29, 1.82) is 0 Å². The number of hydrogen-bond donors (Lipinski definition) is 1. The van der Waals surface area contributed by atoms with Crippen molar-refractivity contribution in [1.82, 2.24) is 5.32 Å². The Labute approximate surface area is 129 Å². The maximum Gasteiger partial charge on any atom is 0.514 e. The number of ether oxygens (including phenoxy) is 3. The minimum Gasteiger partial charge on any atom is -0.453 e. The maximum absolute atomic E-state index is 11.7. The molecule has 6 heteroatoms. The van der Waals surface area contributed by atoms with Crippen molar-refractivity contribution < 1.29 is 23.8 Å². The molecule has 0 saturated heterocycles. The molecule has 0 spiro atoms. The lowest BCUT2D eigenvalue weighted by Gasteiger charge is -2.18. The highest BCUT2D eigenvalue weighted by Gasteiger charge is 2.40. The largest absolute Gasteiger partial charge is 0.514 e. The molecular weight excluding hydrogens is 286 g/mol. The Bertz CT molecular complexity index is 564. The molecule has 120 valence electrons. The Morgan fingerprint density at radius 2 is 2.00 bits per heavy atom. The number of amides is 1. The van der Waals surface area contributed by atoms with E-state index in [0.29, 0.717) is 5.75 Å². The second kappa shape index (κ2) is 6.25. The number of rotatable bonds is 3. The van der Waals surface area contributed by atoms with Crippen LogP contribution in [0.4, 0.5) is 9.59 Å². The molecule has 0 heterocycles. The summed E-state index contributed by atoms with van der Waals surface area (Å²) in [5, 5.41) is 2.75. The summed E-state index contributed by atoms with van der Waals surface area (Å²) in [6, 6.07) is 7.28. The molecule has 22 heavy (non-hydrogen) atoms. The number of carbonyl (C=O) groups is 2. The quantitative estimate of drug-likeness (QED) is 0.685. The lowest BCUT2D eigenvalue weighted by molar-refractivity contribution is 0.0206. The fourth-order valence-electron chi connectivity index (χ4n) is 2.11. The van der Waals surface area contributed by atoms with Crippen molar-refractivity contribution in [2.75, 3.05) is 7.11 Å². The van der Waals surface area contributed by atoms with Crippen molar-refractivity contribution >= 4 is 12.2 Å². The van der Waals surface area contributed by atoms with Gasteiger partial charge in [0.1, 0.15) is 11.4 Å². The Hall–Kier alpha value is -2.24. The van der Waals surface area contributed by atoms with Crippen molar-refractivity contribution in [3.63, 3.8) is 0 Å². The summed E-state index contributed by atoms with van der Waals surface area (Å²) in [6.07, 6.45) is -0.330. The van der Waals surface area contributed by atoms with Gasteiger partial charge in [-0.2, -0.15) is 0 Å². The summed E-state index contributed by atoms with van der Waals surface area (Å²) in [7, 11) is 1.34. The number of carbonyl (C=O) groups excluding carboxylic acids is 2. The molecule has 1 aliphatic rings. The third-order valence-electron chi connectivity index (χ3n) is 3.16. The van der Waals surface area contributed by atoms with E-state index in [9.17, 15) is 9.59 Å². The van der Waals surface area contributed by atoms with E-state index >= 15 is 0 Å². The first-order valence-electron chi connectivity index (χ1n) is 7.14. The van der Waals surface area contributed by atoms with Gasteiger partial charge in [-0.05, 0) is 44.9 Å². The van der Waals surface area contributed by atoms with Crippen LogP contribution in [-0.4, -0.2) is 31.0 Å². The molecule has 1 amide bonds. The predicted octanol–water partition coefficient (Wildman–Crippen LogP) is 3.21. The summed E-state index contributed by atoms with van der Waals surface area (Å²) >= 11 is 0. The molecule has 1 saturated carbocycles. The Morgan fingerprint density at radius 1 is 1.27 bits per heavy atom. The smallest absolute Gasteiger partial charge is 0.453 e. The van der Waals surface area contributed by atoms with Gasteiger partial charge < -0.3 is 19.5 Å². The average molecular weight is 307 g/mol. The molecule has 1 fully saturated rings. The van der Waals surface area contributed by atoms with Crippen LogP contribution in [0.5, 0.6) is 5.75 Å². The number of benzene rings is 1. The highest BCUT2D eigenvalue weighted by atomic mass is 16.7. The molecule has 6 nitrogen and oxygen atoms in total. The molecule has 0 aliphatic heterocycles. The van der Waals surface area contributed by atoms with Gasteiger partial charge in [-0.25, -0.2) is 9.59 Å². The molecule has 1 aromatic carbocycles. The lowest BCUT2D eigenvalue weighted by Crippen LogP contribution is -2.26.